The highest BCUT2D eigenvalue weighted by Gasteiger charge is 2.28. The second-order valence-electron chi connectivity index (χ2n) is 7.44. The van der Waals surface area contributed by atoms with Crippen LogP contribution in [0.1, 0.15) is 46.4 Å². The summed E-state index contributed by atoms with van der Waals surface area (Å²) in [6, 6.07) is 14.1. The molecule has 0 atom stereocenters. The van der Waals surface area contributed by atoms with Crippen LogP contribution >= 0.6 is 0 Å². The van der Waals surface area contributed by atoms with Gasteiger partial charge in [-0.3, -0.25) is 9.89 Å². The molecular formula is C21H21N5O2. The Bertz CT molecular complexity index is 1130. The molecule has 3 heterocycles. The van der Waals surface area contributed by atoms with Crippen LogP contribution in [0.2, 0.25) is 0 Å². The summed E-state index contributed by atoms with van der Waals surface area (Å²) in [4.78, 5) is 14.3. The molecule has 7 nitrogen and oxygen atoms in total. The highest BCUT2D eigenvalue weighted by atomic mass is 16.5. The van der Waals surface area contributed by atoms with Crippen LogP contribution in [0.15, 0.2) is 53.2 Å². The van der Waals surface area contributed by atoms with E-state index in [9.17, 15) is 4.79 Å². The van der Waals surface area contributed by atoms with E-state index >= 15 is 0 Å². The summed E-state index contributed by atoms with van der Waals surface area (Å²) in [6.45, 7) is 1.03. The van der Waals surface area contributed by atoms with Gasteiger partial charge in [-0.1, -0.05) is 23.4 Å². The van der Waals surface area contributed by atoms with Crippen molar-refractivity contribution in [3.05, 3.63) is 71.5 Å². The Labute approximate surface area is 161 Å². The van der Waals surface area contributed by atoms with Crippen LogP contribution in [-0.2, 0) is 13.1 Å². The first kappa shape index (κ1) is 16.8. The van der Waals surface area contributed by atoms with Crippen molar-refractivity contribution in [1.82, 2.24) is 24.8 Å². The Hall–Kier alpha value is -3.35. The lowest BCUT2D eigenvalue weighted by Gasteiger charge is -2.13. The second kappa shape index (κ2) is 6.67. The van der Waals surface area contributed by atoms with E-state index in [1.165, 1.54) is 5.39 Å². The molecule has 1 aliphatic carbocycles. The molecule has 28 heavy (non-hydrogen) atoms. The maximum atomic E-state index is 12.7. The maximum absolute atomic E-state index is 12.7. The molecule has 142 valence electrons. The van der Waals surface area contributed by atoms with Gasteiger partial charge in [-0.2, -0.15) is 5.10 Å². The lowest BCUT2D eigenvalue weighted by Crippen LogP contribution is -2.26. The number of para-hydroxylation sites is 1. The first-order chi connectivity index (χ1) is 13.7. The van der Waals surface area contributed by atoms with Gasteiger partial charge in [0.2, 0.25) is 0 Å². The molecular weight excluding hydrogens is 354 g/mol. The fraction of sp³-hybridized carbons (Fsp3) is 0.286. The lowest BCUT2D eigenvalue weighted by atomic mass is 10.2. The average Bonchev–Trinajstić information content (AvgIpc) is 3.11. The number of aromatic amines is 1. The number of rotatable bonds is 6. The van der Waals surface area contributed by atoms with Crippen molar-refractivity contribution in [2.45, 2.75) is 31.8 Å². The van der Waals surface area contributed by atoms with Crippen LogP contribution in [0.4, 0.5) is 0 Å². The monoisotopic (exact) mass is 375 g/mol. The van der Waals surface area contributed by atoms with E-state index in [-0.39, 0.29) is 5.91 Å². The highest BCUT2D eigenvalue weighted by molar-refractivity contribution is 5.92. The predicted octanol–water partition coefficient (Wildman–Crippen LogP) is 3.55. The smallest absolute Gasteiger partial charge is 0.274 e. The number of hydrogen-bond acceptors (Lipinski definition) is 4. The number of nitrogens with zero attached hydrogens (tertiary/aromatic N) is 4. The molecule has 1 aliphatic rings. The number of fused-ring (bicyclic) bond motifs is 1. The predicted molar refractivity (Wildman–Crippen MR) is 104 cm³/mol. The first-order valence-corrected chi connectivity index (χ1v) is 9.46. The largest absolute Gasteiger partial charge is 0.361 e. The number of benzene rings is 1. The van der Waals surface area contributed by atoms with Crippen molar-refractivity contribution >= 4 is 16.8 Å². The Morgan fingerprint density at radius 1 is 1.29 bits per heavy atom. The normalized spacial score (nSPS) is 13.9. The third kappa shape index (κ3) is 3.19. The van der Waals surface area contributed by atoms with E-state index in [1.54, 1.807) is 11.9 Å². The third-order valence-corrected chi connectivity index (χ3v) is 5.17. The Kier molecular flexibility index (Phi) is 4.00. The molecule has 0 radical (unpaired) electrons. The van der Waals surface area contributed by atoms with Crippen LogP contribution in [0.3, 0.4) is 0 Å². The van der Waals surface area contributed by atoms with Gasteiger partial charge in [-0.05, 0) is 36.4 Å². The molecule has 1 fully saturated rings. The molecule has 0 saturated heterocycles. The standard InChI is InChI=1S/C21H21N5O2/c1-25(12-17-11-20(28-24-17)15-6-7-15)21(27)18-10-16(22-23-18)13-26-9-8-14-4-2-3-5-19(14)26/h2-5,8-11,15H,6-7,12-13H2,1H3,(H,22,23). The molecule has 4 aromatic rings. The van der Waals surface area contributed by atoms with Crippen molar-refractivity contribution < 1.29 is 9.32 Å². The molecule has 7 heteroatoms. The summed E-state index contributed by atoms with van der Waals surface area (Å²) < 4.78 is 7.49. The Morgan fingerprint density at radius 2 is 2.14 bits per heavy atom. The molecule has 1 N–H and O–H groups in total. The number of nitrogens with one attached hydrogen (secondary N) is 1. The van der Waals surface area contributed by atoms with Crippen LogP contribution < -0.4 is 0 Å². The number of H-pyrrole nitrogens is 1. The zero-order valence-corrected chi connectivity index (χ0v) is 15.6. The molecule has 0 bridgehead atoms. The van der Waals surface area contributed by atoms with Crippen molar-refractivity contribution in [2.24, 2.45) is 0 Å². The summed E-state index contributed by atoms with van der Waals surface area (Å²) in [5.41, 5.74) is 3.21. The number of hydrogen-bond donors (Lipinski definition) is 1. The van der Waals surface area contributed by atoms with Crippen molar-refractivity contribution in [3.8, 4) is 0 Å². The number of amides is 1. The van der Waals surface area contributed by atoms with Crippen LogP contribution in [0.25, 0.3) is 10.9 Å². The van der Waals surface area contributed by atoms with Crippen LogP contribution in [-0.4, -0.2) is 37.8 Å². The molecule has 0 unspecified atom stereocenters. The fourth-order valence-corrected chi connectivity index (χ4v) is 3.49. The van der Waals surface area contributed by atoms with E-state index in [0.717, 1.165) is 35.5 Å². The summed E-state index contributed by atoms with van der Waals surface area (Å²) >= 11 is 0. The van der Waals surface area contributed by atoms with Gasteiger partial charge in [0.15, 0.2) is 0 Å². The number of carbonyl (C=O) groups is 1. The van der Waals surface area contributed by atoms with Gasteiger partial charge in [0.25, 0.3) is 5.91 Å². The minimum Gasteiger partial charge on any atom is -0.361 e. The average molecular weight is 375 g/mol. The van der Waals surface area contributed by atoms with Gasteiger partial charge in [-0.15, -0.1) is 0 Å². The molecule has 1 amide bonds. The van der Waals surface area contributed by atoms with E-state index in [2.05, 4.69) is 38.1 Å². The van der Waals surface area contributed by atoms with Gasteiger partial charge in [0.05, 0.1) is 18.8 Å². The van der Waals surface area contributed by atoms with Gasteiger partial charge in [0, 0.05) is 30.7 Å². The molecule has 5 rings (SSSR count). The van der Waals surface area contributed by atoms with Crippen molar-refractivity contribution in [2.75, 3.05) is 7.05 Å². The number of carbonyl (C=O) groups excluding carboxylic acids is 1. The van der Waals surface area contributed by atoms with Gasteiger partial charge in [0.1, 0.15) is 17.1 Å². The van der Waals surface area contributed by atoms with Gasteiger partial charge >= 0.3 is 0 Å². The van der Waals surface area contributed by atoms with E-state index in [1.807, 2.05) is 30.5 Å². The molecule has 3 aromatic heterocycles. The summed E-state index contributed by atoms with van der Waals surface area (Å²) in [7, 11) is 1.75. The SMILES string of the molecule is CN(Cc1cc(C2CC2)on1)C(=O)c1cc(Cn2ccc3ccccc32)[nH]n1. The quantitative estimate of drug-likeness (QED) is 0.559. The Balaban J connectivity index is 1.27. The minimum absolute atomic E-state index is 0.143. The summed E-state index contributed by atoms with van der Waals surface area (Å²) in [5.74, 6) is 1.30. The van der Waals surface area contributed by atoms with Crippen LogP contribution in [0, 0.1) is 0 Å². The van der Waals surface area contributed by atoms with Crippen molar-refractivity contribution in [1.29, 1.82) is 0 Å². The van der Waals surface area contributed by atoms with Gasteiger partial charge in [-0.25, -0.2) is 0 Å². The topological polar surface area (TPSA) is 80.0 Å². The zero-order valence-electron chi connectivity index (χ0n) is 15.6. The van der Waals surface area contributed by atoms with Crippen LogP contribution in [0.5, 0.6) is 0 Å². The summed E-state index contributed by atoms with van der Waals surface area (Å²) in [6.07, 6.45) is 4.37. The maximum Gasteiger partial charge on any atom is 0.274 e. The first-order valence-electron chi connectivity index (χ1n) is 9.46. The lowest BCUT2D eigenvalue weighted by molar-refractivity contribution is 0.0776. The second-order valence-corrected chi connectivity index (χ2v) is 7.44. The van der Waals surface area contributed by atoms with Gasteiger partial charge < -0.3 is 14.0 Å². The van der Waals surface area contributed by atoms with E-state index in [0.29, 0.717) is 24.7 Å². The fourth-order valence-electron chi connectivity index (χ4n) is 3.49. The molecule has 0 spiro atoms. The Morgan fingerprint density at radius 3 is 3.00 bits per heavy atom. The third-order valence-electron chi connectivity index (χ3n) is 5.17. The number of aromatic nitrogens is 4. The molecule has 1 saturated carbocycles. The summed E-state index contributed by atoms with van der Waals surface area (Å²) in [5, 5.41) is 12.5. The molecule has 0 aliphatic heterocycles. The van der Waals surface area contributed by atoms with E-state index < -0.39 is 0 Å². The van der Waals surface area contributed by atoms with E-state index in [4.69, 9.17) is 4.52 Å². The zero-order chi connectivity index (χ0) is 19.1. The molecule has 1 aromatic carbocycles. The van der Waals surface area contributed by atoms with Crippen molar-refractivity contribution in [3.63, 3.8) is 0 Å². The minimum atomic E-state index is -0.143. The highest BCUT2D eigenvalue weighted by Crippen LogP contribution is 2.40.